The van der Waals surface area contributed by atoms with Gasteiger partial charge in [-0.3, -0.25) is 9.59 Å². The summed E-state index contributed by atoms with van der Waals surface area (Å²) >= 11 is 4.43. The molecule has 1 aromatic rings. The first-order valence-corrected chi connectivity index (χ1v) is 8.61. The molecule has 8 heteroatoms. The number of hydrogen-bond donors (Lipinski definition) is 0. The number of carbonyl (C=O) groups excluding carboxylic acids is 2. The van der Waals surface area contributed by atoms with Gasteiger partial charge in [-0.2, -0.15) is 13.2 Å². The molecule has 3 aliphatic heterocycles. The van der Waals surface area contributed by atoms with Gasteiger partial charge in [0.2, 0.25) is 11.8 Å². The molecule has 3 nitrogen and oxygen atoms in total. The number of benzene rings is 1. The van der Waals surface area contributed by atoms with E-state index < -0.39 is 35.4 Å². The van der Waals surface area contributed by atoms with Gasteiger partial charge in [0.05, 0.1) is 23.1 Å². The molecular weight excluding hydrogens is 395 g/mol. The molecule has 0 spiro atoms. The molecule has 1 aromatic carbocycles. The molecule has 3 heterocycles. The summed E-state index contributed by atoms with van der Waals surface area (Å²) in [6, 6.07) is 3.43. The van der Waals surface area contributed by atoms with Gasteiger partial charge in [-0.1, -0.05) is 28.1 Å². The molecule has 23 heavy (non-hydrogen) atoms. The van der Waals surface area contributed by atoms with Gasteiger partial charge in [0, 0.05) is 15.0 Å². The molecule has 4 rings (SSSR count). The molecule has 0 saturated carbocycles. The average molecular weight is 404 g/mol. The summed E-state index contributed by atoms with van der Waals surface area (Å²) in [7, 11) is 0. The summed E-state index contributed by atoms with van der Waals surface area (Å²) < 4.78 is 39.0. The van der Waals surface area contributed by atoms with Crippen LogP contribution in [0.3, 0.4) is 0 Å². The van der Waals surface area contributed by atoms with Crippen LogP contribution in [-0.4, -0.2) is 22.3 Å². The van der Waals surface area contributed by atoms with E-state index in [2.05, 4.69) is 15.9 Å². The van der Waals surface area contributed by atoms with Crippen LogP contribution in [0.4, 0.5) is 18.9 Å². The van der Waals surface area contributed by atoms with Crippen molar-refractivity contribution in [3.05, 3.63) is 40.4 Å². The summed E-state index contributed by atoms with van der Waals surface area (Å²) in [6.45, 7) is 0. The SMILES string of the molecule is O=C1[C@@H]2C3C=CC(S3)[C@@H]2C(=O)N1c1ccc(Br)c(C(F)(F)F)c1. The van der Waals surface area contributed by atoms with Gasteiger partial charge in [0.25, 0.3) is 0 Å². The Morgan fingerprint density at radius 1 is 1.04 bits per heavy atom. The third-order valence-electron chi connectivity index (χ3n) is 4.42. The summed E-state index contributed by atoms with van der Waals surface area (Å²) in [6.07, 6.45) is -0.741. The molecule has 0 radical (unpaired) electrons. The molecule has 2 unspecified atom stereocenters. The van der Waals surface area contributed by atoms with Crippen LogP contribution in [0.15, 0.2) is 34.8 Å². The first-order valence-electron chi connectivity index (χ1n) is 6.87. The summed E-state index contributed by atoms with van der Waals surface area (Å²) in [5.74, 6) is -1.72. The second-order valence-corrected chi connectivity index (χ2v) is 7.89. The number of hydrogen-bond acceptors (Lipinski definition) is 3. The average Bonchev–Trinajstić information content (AvgIpc) is 3.13. The molecule has 4 atom stereocenters. The molecular formula is C15H9BrF3NO2S. The number of imide groups is 1. The quantitative estimate of drug-likeness (QED) is 0.530. The lowest BCUT2D eigenvalue weighted by molar-refractivity contribution is -0.138. The van der Waals surface area contributed by atoms with Gasteiger partial charge in [-0.25, -0.2) is 4.90 Å². The van der Waals surface area contributed by atoms with Crippen LogP contribution in [0, 0.1) is 11.8 Å². The molecule has 0 aliphatic carbocycles. The molecule has 2 saturated heterocycles. The minimum absolute atomic E-state index is 0.0191. The van der Waals surface area contributed by atoms with E-state index in [1.807, 2.05) is 12.2 Å². The minimum Gasteiger partial charge on any atom is -0.274 e. The van der Waals surface area contributed by atoms with Crippen LogP contribution in [0.1, 0.15) is 5.56 Å². The van der Waals surface area contributed by atoms with Crippen molar-refractivity contribution in [2.45, 2.75) is 16.7 Å². The second kappa shape index (κ2) is 4.86. The first-order chi connectivity index (χ1) is 10.8. The second-order valence-electron chi connectivity index (χ2n) is 5.68. The molecule has 2 amide bonds. The normalized spacial score (nSPS) is 32.1. The number of carbonyl (C=O) groups is 2. The smallest absolute Gasteiger partial charge is 0.274 e. The van der Waals surface area contributed by atoms with Gasteiger partial charge in [-0.05, 0) is 18.2 Å². The Kier molecular flexibility index (Phi) is 3.22. The lowest BCUT2D eigenvalue weighted by atomic mass is 9.85. The van der Waals surface area contributed by atoms with Crippen LogP contribution in [-0.2, 0) is 15.8 Å². The highest BCUT2D eigenvalue weighted by Crippen LogP contribution is 2.54. The third-order valence-corrected chi connectivity index (χ3v) is 6.64. The minimum atomic E-state index is -4.56. The number of rotatable bonds is 1. The van der Waals surface area contributed by atoms with Gasteiger partial charge < -0.3 is 0 Å². The fourth-order valence-electron chi connectivity index (χ4n) is 3.43. The molecule has 3 aliphatic rings. The van der Waals surface area contributed by atoms with Crippen LogP contribution in [0.5, 0.6) is 0 Å². The Balaban J connectivity index is 1.75. The zero-order valence-electron chi connectivity index (χ0n) is 11.4. The third kappa shape index (κ3) is 2.11. The van der Waals surface area contributed by atoms with Crippen LogP contribution in [0.2, 0.25) is 0 Å². The maximum Gasteiger partial charge on any atom is 0.417 e. The van der Waals surface area contributed by atoms with E-state index in [1.54, 1.807) is 11.8 Å². The zero-order chi connectivity index (χ0) is 16.5. The molecule has 2 bridgehead atoms. The monoisotopic (exact) mass is 403 g/mol. The van der Waals surface area contributed by atoms with Crippen LogP contribution < -0.4 is 4.90 Å². The van der Waals surface area contributed by atoms with Crippen LogP contribution >= 0.6 is 27.7 Å². The van der Waals surface area contributed by atoms with Gasteiger partial charge in [0.1, 0.15) is 0 Å². The van der Waals surface area contributed by atoms with Crippen LogP contribution in [0.25, 0.3) is 0 Å². The highest BCUT2D eigenvalue weighted by atomic mass is 79.9. The number of nitrogens with zero attached hydrogens (tertiary/aromatic N) is 1. The van der Waals surface area contributed by atoms with Crippen molar-refractivity contribution in [3.8, 4) is 0 Å². The standard InChI is InChI=1S/C15H9BrF3NO2S/c16-8-2-1-6(5-7(8)15(17,18)19)20-13(21)11-9-3-4-10(23-9)12(11)14(20)22/h1-5,9-12H/t9?,10?,11-,12+. The van der Waals surface area contributed by atoms with E-state index in [9.17, 15) is 22.8 Å². The predicted octanol–water partition coefficient (Wildman–Crippen LogP) is 3.63. The molecule has 0 N–H and O–H groups in total. The molecule has 120 valence electrons. The van der Waals surface area contributed by atoms with E-state index in [0.29, 0.717) is 0 Å². The van der Waals surface area contributed by atoms with Crippen molar-refractivity contribution in [1.82, 2.24) is 0 Å². The Bertz CT molecular complexity index is 734. The number of anilines is 1. The van der Waals surface area contributed by atoms with Crippen molar-refractivity contribution in [2.24, 2.45) is 11.8 Å². The fraction of sp³-hybridized carbons (Fsp3) is 0.333. The van der Waals surface area contributed by atoms with E-state index in [-0.39, 0.29) is 20.7 Å². The predicted molar refractivity (Wildman–Crippen MR) is 82.9 cm³/mol. The maximum atomic E-state index is 13.0. The van der Waals surface area contributed by atoms with Gasteiger partial charge >= 0.3 is 6.18 Å². The number of amides is 2. The number of alkyl halides is 3. The van der Waals surface area contributed by atoms with E-state index in [0.717, 1.165) is 11.0 Å². The van der Waals surface area contributed by atoms with E-state index in [1.165, 1.54) is 12.1 Å². The Hall–Kier alpha value is -1.28. The Morgan fingerprint density at radius 2 is 1.61 bits per heavy atom. The largest absolute Gasteiger partial charge is 0.417 e. The van der Waals surface area contributed by atoms with Crippen molar-refractivity contribution in [2.75, 3.05) is 4.90 Å². The Morgan fingerprint density at radius 3 is 2.13 bits per heavy atom. The van der Waals surface area contributed by atoms with E-state index in [4.69, 9.17) is 0 Å². The topological polar surface area (TPSA) is 37.4 Å². The van der Waals surface area contributed by atoms with Crippen molar-refractivity contribution in [1.29, 1.82) is 0 Å². The van der Waals surface area contributed by atoms with Crippen molar-refractivity contribution < 1.29 is 22.8 Å². The van der Waals surface area contributed by atoms with Gasteiger partial charge in [-0.15, -0.1) is 11.8 Å². The number of halogens is 4. The summed E-state index contributed by atoms with van der Waals surface area (Å²) in [5.41, 5.74) is -0.919. The van der Waals surface area contributed by atoms with Crippen molar-refractivity contribution in [3.63, 3.8) is 0 Å². The lowest BCUT2D eigenvalue weighted by Crippen LogP contribution is -2.33. The van der Waals surface area contributed by atoms with E-state index >= 15 is 0 Å². The number of fused-ring (bicyclic) bond motifs is 5. The van der Waals surface area contributed by atoms with Crippen molar-refractivity contribution >= 4 is 45.2 Å². The van der Waals surface area contributed by atoms with Gasteiger partial charge in [0.15, 0.2) is 0 Å². The highest BCUT2D eigenvalue weighted by molar-refractivity contribution is 9.10. The zero-order valence-corrected chi connectivity index (χ0v) is 13.8. The summed E-state index contributed by atoms with van der Waals surface area (Å²) in [4.78, 5) is 26.1. The highest BCUT2D eigenvalue weighted by Gasteiger charge is 2.60. The molecule has 0 aromatic heterocycles. The fourth-order valence-corrected chi connectivity index (χ4v) is 5.53. The Labute approximate surface area is 142 Å². The molecule has 2 fully saturated rings. The first kappa shape index (κ1) is 15.3. The maximum absolute atomic E-state index is 13.0. The number of thioether (sulfide) groups is 1. The summed E-state index contributed by atoms with van der Waals surface area (Å²) in [5, 5.41) is -0.104. The lowest BCUT2D eigenvalue weighted by Gasteiger charge is -2.19.